The molecular weight excluding hydrogens is 440 g/mol. The van der Waals surface area contributed by atoms with Gasteiger partial charge >= 0.3 is 0 Å². The second kappa shape index (κ2) is 9.87. The molecule has 9 heteroatoms. The summed E-state index contributed by atoms with van der Waals surface area (Å²) in [5.41, 5.74) is 1.77. The van der Waals surface area contributed by atoms with Gasteiger partial charge in [-0.3, -0.25) is 4.79 Å². The fourth-order valence-electron chi connectivity index (χ4n) is 4.39. The lowest BCUT2D eigenvalue weighted by Crippen LogP contribution is -2.32. The number of carbonyl (C=O) groups excluding carboxylic acids is 1. The average molecular weight is 471 g/mol. The number of anilines is 2. The first kappa shape index (κ1) is 23.2. The number of aromatic hydroxyl groups is 1. The number of amides is 1. The van der Waals surface area contributed by atoms with Crippen LogP contribution in [0.5, 0.6) is 5.88 Å². The fraction of sp³-hybridized carbons (Fsp3) is 0.458. The van der Waals surface area contributed by atoms with Crippen LogP contribution in [0.1, 0.15) is 45.2 Å². The van der Waals surface area contributed by atoms with Crippen molar-refractivity contribution in [3.05, 3.63) is 41.0 Å². The Morgan fingerprint density at radius 3 is 2.70 bits per heavy atom. The number of hydrogen-bond donors (Lipinski definition) is 3. The van der Waals surface area contributed by atoms with E-state index in [1.54, 1.807) is 0 Å². The first-order valence-corrected chi connectivity index (χ1v) is 11.8. The Morgan fingerprint density at radius 1 is 1.24 bits per heavy atom. The SMILES string of the molecule is CC(=O)NCCNc1nc(N2CCCC2Cc2ccc(Cl)cc2)c2cn(C(C)C)c(O)c2n1. The highest BCUT2D eigenvalue weighted by molar-refractivity contribution is 6.30. The standard InChI is InChI=1S/C24H31ClN6O2/c1-15(2)31-14-20-21(23(31)33)28-24(27-11-10-26-16(3)32)29-22(20)30-12-4-5-19(30)13-17-6-8-18(25)9-7-17/h6-9,14-15,19,33H,4-5,10-13H2,1-3H3,(H,26,32)(H,27,28). The Hall–Kier alpha value is -3.00. The third-order valence-corrected chi connectivity index (χ3v) is 6.27. The van der Waals surface area contributed by atoms with E-state index in [0.29, 0.717) is 30.6 Å². The number of aromatic nitrogens is 3. The average Bonchev–Trinajstić information content (AvgIpc) is 3.37. The van der Waals surface area contributed by atoms with Crippen molar-refractivity contribution in [2.75, 3.05) is 29.9 Å². The summed E-state index contributed by atoms with van der Waals surface area (Å²) in [5.74, 6) is 1.33. The predicted molar refractivity (Wildman–Crippen MR) is 132 cm³/mol. The molecule has 1 unspecified atom stereocenters. The number of hydrogen-bond acceptors (Lipinski definition) is 6. The van der Waals surface area contributed by atoms with Gasteiger partial charge in [-0.05, 0) is 50.8 Å². The zero-order chi connectivity index (χ0) is 23.5. The van der Waals surface area contributed by atoms with E-state index >= 15 is 0 Å². The van der Waals surface area contributed by atoms with Crippen LogP contribution in [-0.4, -0.2) is 51.2 Å². The molecule has 1 saturated heterocycles. The predicted octanol–water partition coefficient (Wildman–Crippen LogP) is 4.13. The normalized spacial score (nSPS) is 16.0. The molecule has 1 aliphatic rings. The van der Waals surface area contributed by atoms with Gasteiger partial charge in [0.2, 0.25) is 17.7 Å². The zero-order valence-corrected chi connectivity index (χ0v) is 20.1. The van der Waals surface area contributed by atoms with Crippen LogP contribution < -0.4 is 15.5 Å². The highest BCUT2D eigenvalue weighted by Gasteiger charge is 2.29. The summed E-state index contributed by atoms with van der Waals surface area (Å²) in [6.45, 7) is 7.39. The van der Waals surface area contributed by atoms with Gasteiger partial charge in [0.1, 0.15) is 11.3 Å². The van der Waals surface area contributed by atoms with Crippen molar-refractivity contribution in [1.82, 2.24) is 19.9 Å². The summed E-state index contributed by atoms with van der Waals surface area (Å²) >= 11 is 6.06. The van der Waals surface area contributed by atoms with Crippen molar-refractivity contribution >= 4 is 40.2 Å². The van der Waals surface area contributed by atoms with Gasteiger partial charge in [-0.25, -0.2) is 4.98 Å². The number of nitrogens with one attached hydrogen (secondary N) is 2. The van der Waals surface area contributed by atoms with E-state index in [-0.39, 0.29) is 17.8 Å². The van der Waals surface area contributed by atoms with Gasteiger partial charge in [-0.1, -0.05) is 23.7 Å². The fourth-order valence-corrected chi connectivity index (χ4v) is 4.52. The van der Waals surface area contributed by atoms with E-state index < -0.39 is 0 Å². The summed E-state index contributed by atoms with van der Waals surface area (Å²) in [7, 11) is 0. The number of halogens is 1. The van der Waals surface area contributed by atoms with Crippen molar-refractivity contribution in [2.24, 2.45) is 0 Å². The molecule has 1 atom stereocenters. The van der Waals surface area contributed by atoms with Crippen molar-refractivity contribution < 1.29 is 9.90 Å². The summed E-state index contributed by atoms with van der Waals surface area (Å²) in [6.07, 6.45) is 4.98. The molecule has 0 saturated carbocycles. The van der Waals surface area contributed by atoms with Crippen LogP contribution in [0.25, 0.3) is 10.9 Å². The summed E-state index contributed by atoms with van der Waals surface area (Å²) in [4.78, 5) is 23.0. The minimum atomic E-state index is -0.0809. The lowest BCUT2D eigenvalue weighted by molar-refractivity contribution is -0.118. The molecule has 0 radical (unpaired) electrons. The van der Waals surface area contributed by atoms with E-state index in [0.717, 1.165) is 42.0 Å². The maximum atomic E-state index is 11.2. The second-order valence-electron chi connectivity index (χ2n) is 8.82. The molecule has 1 aliphatic heterocycles. The van der Waals surface area contributed by atoms with Crippen LogP contribution in [0.4, 0.5) is 11.8 Å². The molecule has 1 fully saturated rings. The van der Waals surface area contributed by atoms with E-state index in [1.165, 1.54) is 12.5 Å². The van der Waals surface area contributed by atoms with E-state index in [9.17, 15) is 9.90 Å². The summed E-state index contributed by atoms with van der Waals surface area (Å²) < 4.78 is 1.83. The third kappa shape index (κ3) is 5.16. The van der Waals surface area contributed by atoms with Gasteiger partial charge in [-0.2, -0.15) is 4.98 Å². The number of carbonyl (C=O) groups is 1. The largest absolute Gasteiger partial charge is 0.493 e. The van der Waals surface area contributed by atoms with Gasteiger partial charge < -0.3 is 25.2 Å². The highest BCUT2D eigenvalue weighted by atomic mass is 35.5. The molecule has 1 amide bonds. The number of benzene rings is 1. The molecule has 0 bridgehead atoms. The molecule has 8 nitrogen and oxygen atoms in total. The minimum Gasteiger partial charge on any atom is -0.493 e. The Kier molecular flexibility index (Phi) is 6.93. The molecule has 0 aliphatic carbocycles. The van der Waals surface area contributed by atoms with Crippen LogP contribution >= 0.6 is 11.6 Å². The molecule has 3 N–H and O–H groups in total. The third-order valence-electron chi connectivity index (χ3n) is 6.02. The van der Waals surface area contributed by atoms with Gasteiger partial charge in [0.25, 0.3) is 0 Å². The maximum absolute atomic E-state index is 11.2. The smallest absolute Gasteiger partial charge is 0.225 e. The number of rotatable bonds is 8. The summed E-state index contributed by atoms with van der Waals surface area (Å²) in [6, 6.07) is 8.38. The Bertz CT molecular complexity index is 1130. The van der Waals surface area contributed by atoms with Crippen LogP contribution in [-0.2, 0) is 11.2 Å². The van der Waals surface area contributed by atoms with E-state index in [1.807, 2.05) is 36.7 Å². The van der Waals surface area contributed by atoms with Crippen molar-refractivity contribution in [3.63, 3.8) is 0 Å². The Morgan fingerprint density at radius 2 is 2.00 bits per heavy atom. The first-order chi connectivity index (χ1) is 15.8. The van der Waals surface area contributed by atoms with Crippen LogP contribution in [0.15, 0.2) is 30.5 Å². The molecule has 0 spiro atoms. The maximum Gasteiger partial charge on any atom is 0.225 e. The monoisotopic (exact) mass is 470 g/mol. The minimum absolute atomic E-state index is 0.0809. The lowest BCUT2D eigenvalue weighted by Gasteiger charge is -2.27. The van der Waals surface area contributed by atoms with Crippen LogP contribution in [0, 0.1) is 0 Å². The lowest BCUT2D eigenvalue weighted by atomic mass is 10.0. The highest BCUT2D eigenvalue weighted by Crippen LogP contribution is 2.37. The van der Waals surface area contributed by atoms with Gasteiger partial charge in [0, 0.05) is 49.9 Å². The molecule has 3 aromatic rings. The number of fused-ring (bicyclic) bond motifs is 1. The Balaban J connectivity index is 1.68. The molecule has 3 heterocycles. The van der Waals surface area contributed by atoms with Crippen molar-refractivity contribution in [3.8, 4) is 5.88 Å². The van der Waals surface area contributed by atoms with Crippen LogP contribution in [0.3, 0.4) is 0 Å². The van der Waals surface area contributed by atoms with Crippen molar-refractivity contribution in [1.29, 1.82) is 0 Å². The molecule has 176 valence electrons. The van der Waals surface area contributed by atoms with Crippen molar-refractivity contribution in [2.45, 2.75) is 52.1 Å². The molecular formula is C24H31ClN6O2. The summed E-state index contributed by atoms with van der Waals surface area (Å²) in [5, 5.41) is 18.4. The second-order valence-corrected chi connectivity index (χ2v) is 9.25. The van der Waals surface area contributed by atoms with Gasteiger partial charge in [0.15, 0.2) is 0 Å². The molecule has 1 aromatic carbocycles. The topological polar surface area (TPSA) is 95.3 Å². The van der Waals surface area contributed by atoms with Crippen LogP contribution in [0.2, 0.25) is 5.02 Å². The molecule has 4 rings (SSSR count). The van der Waals surface area contributed by atoms with E-state index in [4.69, 9.17) is 16.6 Å². The molecule has 2 aromatic heterocycles. The van der Waals surface area contributed by atoms with E-state index in [2.05, 4.69) is 32.7 Å². The van der Waals surface area contributed by atoms with Gasteiger partial charge in [0.05, 0.1) is 5.39 Å². The first-order valence-electron chi connectivity index (χ1n) is 11.4. The Labute approximate surface area is 199 Å². The quantitative estimate of drug-likeness (QED) is 0.428. The van der Waals surface area contributed by atoms with Gasteiger partial charge in [-0.15, -0.1) is 0 Å². The zero-order valence-electron chi connectivity index (χ0n) is 19.3. The molecule has 33 heavy (non-hydrogen) atoms. The number of nitrogens with zero attached hydrogens (tertiary/aromatic N) is 4.